The summed E-state index contributed by atoms with van der Waals surface area (Å²) >= 11 is 0. The third-order valence-electron chi connectivity index (χ3n) is 5.86. The Morgan fingerprint density at radius 2 is 1.56 bits per heavy atom. The molecule has 7 nitrogen and oxygen atoms in total. The first-order valence-corrected chi connectivity index (χ1v) is 11.1. The summed E-state index contributed by atoms with van der Waals surface area (Å²) in [6, 6.07) is 23.5. The van der Waals surface area contributed by atoms with Gasteiger partial charge in [-0.25, -0.2) is 0 Å². The molecule has 172 valence electrons. The highest BCUT2D eigenvalue weighted by molar-refractivity contribution is 6.03. The van der Waals surface area contributed by atoms with Gasteiger partial charge in [0.1, 0.15) is 29.8 Å². The van der Waals surface area contributed by atoms with Gasteiger partial charge in [0, 0.05) is 32.3 Å². The van der Waals surface area contributed by atoms with E-state index in [-0.39, 0.29) is 30.1 Å². The van der Waals surface area contributed by atoms with Gasteiger partial charge in [-0.1, -0.05) is 48.5 Å². The number of ether oxygens (including phenoxy) is 1. The molecule has 34 heavy (non-hydrogen) atoms. The molecule has 0 spiro atoms. The first kappa shape index (κ1) is 22.9. The van der Waals surface area contributed by atoms with Crippen LogP contribution >= 0.6 is 0 Å². The van der Waals surface area contributed by atoms with Crippen LogP contribution in [-0.4, -0.2) is 38.9 Å². The lowest BCUT2D eigenvalue weighted by Crippen LogP contribution is -2.29. The number of nitrogens with one attached hydrogen (secondary N) is 1. The highest BCUT2D eigenvalue weighted by Crippen LogP contribution is 2.40. The smallest absolute Gasteiger partial charge is 0.220 e. The predicted molar refractivity (Wildman–Crippen MR) is 133 cm³/mol. The van der Waals surface area contributed by atoms with Crippen molar-refractivity contribution < 1.29 is 14.3 Å². The van der Waals surface area contributed by atoms with Crippen LogP contribution in [-0.2, 0) is 9.59 Å². The van der Waals surface area contributed by atoms with Crippen LogP contribution in [0.5, 0.6) is 5.75 Å². The maximum Gasteiger partial charge on any atom is 0.220 e. The van der Waals surface area contributed by atoms with Crippen LogP contribution in [0.15, 0.2) is 78.1 Å². The summed E-state index contributed by atoms with van der Waals surface area (Å²) in [6.07, 6.45) is -0.0353. The SMILES string of the molecule is CN1C(=C(C#N)C(=O)CCC(=O)NCCOc2cccc3ccccc23)N(C)c2ccccc21. The van der Waals surface area contributed by atoms with Crippen LogP contribution in [0.25, 0.3) is 10.8 Å². The van der Waals surface area contributed by atoms with E-state index >= 15 is 0 Å². The number of nitrogens with zero attached hydrogens (tertiary/aromatic N) is 3. The van der Waals surface area contributed by atoms with Gasteiger partial charge in [-0.15, -0.1) is 0 Å². The second-order valence-electron chi connectivity index (χ2n) is 8.02. The first-order valence-electron chi connectivity index (χ1n) is 11.1. The van der Waals surface area contributed by atoms with Crippen LogP contribution in [0.4, 0.5) is 11.4 Å². The summed E-state index contributed by atoms with van der Waals surface area (Å²) in [7, 11) is 3.65. The van der Waals surface area contributed by atoms with Gasteiger partial charge in [0.25, 0.3) is 0 Å². The van der Waals surface area contributed by atoms with Crippen LogP contribution in [0.1, 0.15) is 12.8 Å². The van der Waals surface area contributed by atoms with Gasteiger partial charge >= 0.3 is 0 Å². The van der Waals surface area contributed by atoms with Gasteiger partial charge in [-0.3, -0.25) is 9.59 Å². The highest BCUT2D eigenvalue weighted by atomic mass is 16.5. The van der Waals surface area contributed by atoms with E-state index in [0.29, 0.717) is 19.0 Å². The van der Waals surface area contributed by atoms with Crippen LogP contribution < -0.4 is 19.9 Å². The number of hydrogen-bond acceptors (Lipinski definition) is 6. The van der Waals surface area contributed by atoms with E-state index in [1.165, 1.54) is 0 Å². The molecule has 4 rings (SSSR count). The number of ketones is 1. The molecule has 1 N–H and O–H groups in total. The summed E-state index contributed by atoms with van der Waals surface area (Å²) in [5.41, 5.74) is 1.89. The maximum atomic E-state index is 12.8. The molecule has 7 heteroatoms. The van der Waals surface area contributed by atoms with Gasteiger partial charge in [-0.2, -0.15) is 5.26 Å². The quantitative estimate of drug-likeness (QED) is 0.315. The van der Waals surface area contributed by atoms with Crippen molar-refractivity contribution in [3.8, 4) is 11.8 Å². The number of Topliss-reactive ketones (excluding diaryl/α,β-unsaturated/α-hetero) is 1. The third-order valence-corrected chi connectivity index (χ3v) is 5.86. The fourth-order valence-electron chi connectivity index (χ4n) is 4.17. The van der Waals surface area contributed by atoms with Gasteiger partial charge in [0.05, 0.1) is 17.9 Å². The number of nitriles is 1. The lowest BCUT2D eigenvalue weighted by molar-refractivity contribution is -0.124. The molecule has 0 saturated heterocycles. The molecule has 1 amide bonds. The Bertz CT molecular complexity index is 1270. The van der Waals surface area contributed by atoms with Crippen LogP contribution in [0, 0.1) is 11.3 Å². The average molecular weight is 455 g/mol. The average Bonchev–Trinajstić information content (AvgIpc) is 3.11. The van der Waals surface area contributed by atoms with E-state index in [1.54, 1.807) is 0 Å². The fraction of sp³-hybridized carbons (Fsp3) is 0.222. The molecule has 0 unspecified atom stereocenters. The number of para-hydroxylation sites is 2. The minimum Gasteiger partial charge on any atom is -0.491 e. The van der Waals surface area contributed by atoms with Crippen LogP contribution in [0.3, 0.4) is 0 Å². The molecule has 1 heterocycles. The number of rotatable bonds is 8. The largest absolute Gasteiger partial charge is 0.491 e. The van der Waals surface area contributed by atoms with E-state index in [1.807, 2.05) is 96.7 Å². The molecule has 0 aromatic heterocycles. The minimum atomic E-state index is -0.355. The molecular weight excluding hydrogens is 428 g/mol. The summed E-state index contributed by atoms with van der Waals surface area (Å²) in [6.45, 7) is 0.637. The van der Waals surface area contributed by atoms with Crippen molar-refractivity contribution in [3.63, 3.8) is 0 Å². The number of anilines is 2. The lowest BCUT2D eigenvalue weighted by Gasteiger charge is -2.19. The van der Waals surface area contributed by atoms with E-state index in [0.717, 1.165) is 27.9 Å². The topological polar surface area (TPSA) is 85.7 Å². The molecule has 1 aliphatic rings. The number of amides is 1. The monoisotopic (exact) mass is 454 g/mol. The maximum absolute atomic E-state index is 12.8. The summed E-state index contributed by atoms with van der Waals surface area (Å²) in [5.74, 6) is 0.677. The molecular formula is C27H26N4O3. The molecule has 0 aliphatic carbocycles. The zero-order valence-electron chi connectivity index (χ0n) is 19.2. The predicted octanol–water partition coefficient (Wildman–Crippen LogP) is 4.01. The molecule has 0 bridgehead atoms. The normalized spacial score (nSPS) is 12.3. The Labute approximate surface area is 198 Å². The van der Waals surface area contributed by atoms with Crippen molar-refractivity contribution >= 4 is 33.8 Å². The molecule has 3 aromatic carbocycles. The fourth-order valence-corrected chi connectivity index (χ4v) is 4.17. The Morgan fingerprint density at radius 1 is 0.912 bits per heavy atom. The van der Waals surface area contributed by atoms with Crippen molar-refractivity contribution in [2.45, 2.75) is 12.8 Å². The van der Waals surface area contributed by atoms with Crippen molar-refractivity contribution in [3.05, 3.63) is 78.1 Å². The Kier molecular flexibility index (Phi) is 6.79. The number of hydrogen-bond donors (Lipinski definition) is 1. The zero-order chi connectivity index (χ0) is 24.1. The molecule has 3 aromatic rings. The molecule has 1 aliphatic heterocycles. The van der Waals surface area contributed by atoms with E-state index in [9.17, 15) is 14.9 Å². The third kappa shape index (κ3) is 4.57. The second-order valence-corrected chi connectivity index (χ2v) is 8.02. The van der Waals surface area contributed by atoms with E-state index in [2.05, 4.69) is 5.32 Å². The Morgan fingerprint density at radius 3 is 2.26 bits per heavy atom. The van der Waals surface area contributed by atoms with E-state index < -0.39 is 0 Å². The molecule has 0 radical (unpaired) electrons. The first-order chi connectivity index (χ1) is 16.5. The number of allylic oxidation sites excluding steroid dienone is 1. The minimum absolute atomic E-state index is 0.00589. The standard InChI is InChI=1S/C27H26N4O3/c1-30-22-11-5-6-12-23(22)31(2)27(30)21(18-28)24(32)14-15-26(33)29-16-17-34-25-13-7-9-19-8-3-4-10-20(19)25/h3-13H,14-17H2,1-2H3,(H,29,33). The van der Waals surface area contributed by atoms with E-state index in [4.69, 9.17) is 4.74 Å². The van der Waals surface area contributed by atoms with Gasteiger partial charge in [0.15, 0.2) is 5.78 Å². The summed E-state index contributed by atoms with van der Waals surface area (Å²) in [5, 5.41) is 14.6. The molecule has 0 atom stereocenters. The van der Waals surface area contributed by atoms with Gasteiger partial charge in [-0.05, 0) is 23.6 Å². The second kappa shape index (κ2) is 10.1. The van der Waals surface area contributed by atoms with Gasteiger partial charge in [0.2, 0.25) is 5.91 Å². The molecule has 0 fully saturated rings. The lowest BCUT2D eigenvalue weighted by atomic mass is 10.1. The summed E-state index contributed by atoms with van der Waals surface area (Å²) < 4.78 is 5.83. The van der Waals surface area contributed by atoms with Crippen molar-refractivity contribution in [2.75, 3.05) is 37.0 Å². The van der Waals surface area contributed by atoms with Crippen molar-refractivity contribution in [1.82, 2.24) is 5.32 Å². The van der Waals surface area contributed by atoms with Crippen LogP contribution in [0.2, 0.25) is 0 Å². The van der Waals surface area contributed by atoms with Gasteiger partial charge < -0.3 is 19.9 Å². The van der Waals surface area contributed by atoms with Crippen molar-refractivity contribution in [1.29, 1.82) is 5.26 Å². The number of benzene rings is 3. The highest BCUT2D eigenvalue weighted by Gasteiger charge is 2.31. The molecule has 0 saturated carbocycles. The zero-order valence-corrected chi connectivity index (χ0v) is 19.2. The number of fused-ring (bicyclic) bond motifs is 2. The Balaban J connectivity index is 1.29. The summed E-state index contributed by atoms with van der Waals surface area (Å²) in [4.78, 5) is 28.7. The Hall–Kier alpha value is -4.31. The van der Waals surface area contributed by atoms with Crippen molar-refractivity contribution in [2.24, 2.45) is 0 Å². The number of carbonyl (C=O) groups is 2. The number of carbonyl (C=O) groups excluding carboxylic acids is 2.